The second kappa shape index (κ2) is 8.12. The van der Waals surface area contributed by atoms with Gasteiger partial charge in [-0.25, -0.2) is 13.1 Å². The molecule has 2 rings (SSSR count). The van der Waals surface area contributed by atoms with Crippen LogP contribution in [0.5, 0.6) is 0 Å². The summed E-state index contributed by atoms with van der Waals surface area (Å²) in [5.74, 6) is 0.990. The number of nitrogens with zero attached hydrogens (tertiary/aromatic N) is 1. The molecule has 1 aliphatic rings. The second-order valence-corrected chi connectivity index (χ2v) is 8.52. The van der Waals surface area contributed by atoms with Gasteiger partial charge in [0.25, 0.3) is 0 Å². The van der Waals surface area contributed by atoms with E-state index in [-0.39, 0.29) is 10.9 Å². The number of halogens is 1. The highest BCUT2D eigenvalue weighted by molar-refractivity contribution is 9.10. The molecule has 0 bridgehead atoms. The van der Waals surface area contributed by atoms with E-state index in [9.17, 15) is 8.42 Å². The van der Waals surface area contributed by atoms with Crippen molar-refractivity contribution in [1.82, 2.24) is 4.72 Å². The van der Waals surface area contributed by atoms with Crippen molar-refractivity contribution >= 4 is 31.9 Å². The number of nitrogens with two attached hydrogens (primary N) is 2. The van der Waals surface area contributed by atoms with Crippen LogP contribution >= 0.6 is 15.9 Å². The minimum Gasteiger partial charge on any atom is -0.370 e. The molecule has 8 heteroatoms. The maximum atomic E-state index is 12.4. The van der Waals surface area contributed by atoms with Gasteiger partial charge in [0, 0.05) is 17.6 Å². The summed E-state index contributed by atoms with van der Waals surface area (Å²) in [5, 5.41) is 0. The zero-order chi connectivity index (χ0) is 16.9. The van der Waals surface area contributed by atoms with E-state index in [1.807, 2.05) is 0 Å². The molecule has 1 saturated carbocycles. The van der Waals surface area contributed by atoms with Gasteiger partial charge in [0.1, 0.15) is 0 Å². The SMILES string of the molecule is NC(N)=NCC1CCC(CNS(=O)(=O)c2ccccc2Br)CC1. The fourth-order valence-electron chi connectivity index (χ4n) is 2.82. The normalized spacial score (nSPS) is 21.8. The van der Waals surface area contributed by atoms with Crippen LogP contribution in [0, 0.1) is 11.8 Å². The Morgan fingerprint density at radius 3 is 2.39 bits per heavy atom. The van der Waals surface area contributed by atoms with Crippen LogP contribution in [0.15, 0.2) is 38.6 Å². The van der Waals surface area contributed by atoms with E-state index < -0.39 is 10.0 Å². The molecular weight excluding hydrogens is 380 g/mol. The van der Waals surface area contributed by atoms with Gasteiger partial charge in [-0.05, 0) is 65.6 Å². The molecule has 0 atom stereocenters. The molecule has 0 radical (unpaired) electrons. The van der Waals surface area contributed by atoms with Crippen molar-refractivity contribution < 1.29 is 8.42 Å². The van der Waals surface area contributed by atoms with E-state index in [1.165, 1.54) is 0 Å². The monoisotopic (exact) mass is 402 g/mol. The molecule has 0 spiro atoms. The summed E-state index contributed by atoms with van der Waals surface area (Å²) in [6, 6.07) is 6.83. The van der Waals surface area contributed by atoms with Crippen LogP contribution in [0.25, 0.3) is 0 Å². The Bertz CT molecular complexity index is 651. The number of guanidine groups is 1. The summed E-state index contributed by atoms with van der Waals surface area (Å²) in [4.78, 5) is 4.34. The van der Waals surface area contributed by atoms with Gasteiger partial charge in [-0.15, -0.1) is 0 Å². The lowest BCUT2D eigenvalue weighted by molar-refractivity contribution is 0.280. The summed E-state index contributed by atoms with van der Waals surface area (Å²) in [6.07, 6.45) is 4.03. The minimum atomic E-state index is -3.48. The van der Waals surface area contributed by atoms with Gasteiger partial charge in [0.15, 0.2) is 5.96 Å². The van der Waals surface area contributed by atoms with Crippen molar-refractivity contribution in [2.45, 2.75) is 30.6 Å². The first-order valence-corrected chi connectivity index (χ1v) is 9.95. The molecule has 0 saturated heterocycles. The van der Waals surface area contributed by atoms with Crippen molar-refractivity contribution in [1.29, 1.82) is 0 Å². The molecule has 1 aromatic rings. The summed E-state index contributed by atoms with van der Waals surface area (Å²) < 4.78 is 28.0. The average molecular weight is 403 g/mol. The third kappa shape index (κ3) is 5.47. The van der Waals surface area contributed by atoms with Gasteiger partial charge >= 0.3 is 0 Å². The maximum Gasteiger partial charge on any atom is 0.241 e. The highest BCUT2D eigenvalue weighted by atomic mass is 79.9. The molecule has 5 N–H and O–H groups in total. The van der Waals surface area contributed by atoms with Crippen molar-refractivity contribution in [2.75, 3.05) is 13.1 Å². The molecule has 23 heavy (non-hydrogen) atoms. The number of hydrogen-bond acceptors (Lipinski definition) is 3. The lowest BCUT2D eigenvalue weighted by atomic mass is 9.82. The largest absolute Gasteiger partial charge is 0.370 e. The highest BCUT2D eigenvalue weighted by Crippen LogP contribution is 2.29. The van der Waals surface area contributed by atoms with Crippen LogP contribution in [0.1, 0.15) is 25.7 Å². The van der Waals surface area contributed by atoms with E-state index in [0.29, 0.717) is 29.4 Å². The van der Waals surface area contributed by atoms with E-state index in [4.69, 9.17) is 11.5 Å². The fraction of sp³-hybridized carbons (Fsp3) is 0.533. The standard InChI is InChI=1S/C15H23BrN4O2S/c16-13-3-1-2-4-14(13)23(21,22)20-10-12-7-5-11(6-8-12)9-19-15(17)18/h1-4,11-12,20H,5-10H2,(H4,17,18,19). The van der Waals surface area contributed by atoms with Gasteiger partial charge < -0.3 is 11.5 Å². The van der Waals surface area contributed by atoms with Gasteiger partial charge in [-0.3, -0.25) is 4.99 Å². The number of rotatable bonds is 6. The molecule has 0 amide bonds. The van der Waals surface area contributed by atoms with Gasteiger partial charge in [-0.1, -0.05) is 12.1 Å². The topological polar surface area (TPSA) is 111 Å². The van der Waals surface area contributed by atoms with Crippen molar-refractivity contribution in [3.63, 3.8) is 0 Å². The Hall–Kier alpha value is -1.12. The number of benzene rings is 1. The minimum absolute atomic E-state index is 0.133. The Labute approximate surface area is 145 Å². The van der Waals surface area contributed by atoms with Crippen molar-refractivity contribution in [3.05, 3.63) is 28.7 Å². The summed E-state index contributed by atoms with van der Waals surface area (Å²) in [6.45, 7) is 1.14. The summed E-state index contributed by atoms with van der Waals surface area (Å²) in [7, 11) is -3.48. The summed E-state index contributed by atoms with van der Waals surface area (Å²) in [5.41, 5.74) is 10.7. The fourth-order valence-corrected chi connectivity index (χ4v) is 4.94. The first kappa shape index (κ1) is 18.2. The van der Waals surface area contributed by atoms with Crippen LogP contribution in [0.4, 0.5) is 0 Å². The van der Waals surface area contributed by atoms with Crippen LogP contribution in [0.3, 0.4) is 0 Å². The molecule has 0 heterocycles. The molecule has 0 unspecified atom stereocenters. The second-order valence-electron chi connectivity index (χ2n) is 5.93. The molecule has 1 aromatic carbocycles. The lowest BCUT2D eigenvalue weighted by Crippen LogP contribution is -2.32. The molecule has 128 valence electrons. The molecule has 1 fully saturated rings. The number of aliphatic imine (C=N–C) groups is 1. The van der Waals surface area contributed by atoms with Crippen LogP contribution in [-0.2, 0) is 10.0 Å². The Balaban J connectivity index is 1.83. The van der Waals surface area contributed by atoms with Gasteiger partial charge in [-0.2, -0.15) is 0 Å². The molecule has 0 aliphatic heterocycles. The average Bonchev–Trinajstić information content (AvgIpc) is 2.52. The number of nitrogens with one attached hydrogen (secondary N) is 1. The summed E-state index contributed by atoms with van der Waals surface area (Å²) >= 11 is 3.28. The molecule has 1 aliphatic carbocycles. The van der Waals surface area contributed by atoms with Crippen molar-refractivity contribution in [3.8, 4) is 0 Å². The third-order valence-electron chi connectivity index (χ3n) is 4.19. The first-order valence-electron chi connectivity index (χ1n) is 7.68. The third-order valence-corrected chi connectivity index (χ3v) is 6.62. The Morgan fingerprint density at radius 2 is 1.78 bits per heavy atom. The van der Waals surface area contributed by atoms with Gasteiger partial charge in [0.2, 0.25) is 10.0 Å². The van der Waals surface area contributed by atoms with E-state index >= 15 is 0 Å². The predicted molar refractivity (Wildman–Crippen MR) is 95.5 cm³/mol. The Morgan fingerprint density at radius 1 is 1.17 bits per heavy atom. The number of hydrogen-bond donors (Lipinski definition) is 3. The van der Waals surface area contributed by atoms with Gasteiger partial charge in [0.05, 0.1) is 4.90 Å². The maximum absolute atomic E-state index is 12.4. The van der Waals surface area contributed by atoms with Crippen molar-refractivity contribution in [2.24, 2.45) is 28.3 Å². The highest BCUT2D eigenvalue weighted by Gasteiger charge is 2.23. The first-order chi connectivity index (χ1) is 10.9. The quantitative estimate of drug-likeness (QED) is 0.497. The smallest absolute Gasteiger partial charge is 0.241 e. The van der Waals surface area contributed by atoms with E-state index in [1.54, 1.807) is 24.3 Å². The van der Waals surface area contributed by atoms with Crippen LogP contribution in [-0.4, -0.2) is 27.5 Å². The Kier molecular flexibility index (Phi) is 6.43. The molecule has 0 aromatic heterocycles. The molecular formula is C15H23BrN4O2S. The van der Waals surface area contributed by atoms with Crippen LogP contribution in [0.2, 0.25) is 0 Å². The molecule has 6 nitrogen and oxygen atoms in total. The van der Waals surface area contributed by atoms with Crippen LogP contribution < -0.4 is 16.2 Å². The van der Waals surface area contributed by atoms with E-state index in [2.05, 4.69) is 25.6 Å². The zero-order valence-electron chi connectivity index (χ0n) is 12.9. The van der Waals surface area contributed by atoms with E-state index in [0.717, 1.165) is 25.7 Å². The zero-order valence-corrected chi connectivity index (χ0v) is 15.3. The predicted octanol–water partition coefficient (Wildman–Crippen LogP) is 1.81. The number of sulfonamides is 1. The lowest BCUT2D eigenvalue weighted by Gasteiger charge is -2.27.